The van der Waals surface area contributed by atoms with Crippen LogP contribution in [0.4, 0.5) is 5.82 Å². The first-order chi connectivity index (χ1) is 9.51. The lowest BCUT2D eigenvalue weighted by atomic mass is 10.2. The van der Waals surface area contributed by atoms with Gasteiger partial charge in [-0.05, 0) is 26.0 Å². The minimum Gasteiger partial charge on any atom is -0.353 e. The molecule has 2 rings (SSSR count). The Labute approximate surface area is 122 Å². The highest BCUT2D eigenvalue weighted by Crippen LogP contribution is 2.22. The molecule has 0 unspecified atom stereocenters. The third kappa shape index (κ3) is 3.11. The van der Waals surface area contributed by atoms with Crippen molar-refractivity contribution in [3.05, 3.63) is 46.1 Å². The van der Waals surface area contributed by atoms with Gasteiger partial charge in [-0.3, -0.25) is 9.78 Å². The SMILES string of the molecule is Cc1cccc(CN(C)c2nc(C)nc(Cl)c2C=O)n1. The molecule has 0 radical (unpaired) electrons. The van der Waals surface area contributed by atoms with E-state index in [-0.39, 0.29) is 5.15 Å². The number of halogens is 1. The number of aldehydes is 1. The molecule has 104 valence electrons. The zero-order valence-electron chi connectivity index (χ0n) is 11.6. The van der Waals surface area contributed by atoms with Crippen molar-refractivity contribution in [1.82, 2.24) is 15.0 Å². The monoisotopic (exact) mass is 290 g/mol. The molecular formula is C14H15ClN4O. The zero-order valence-corrected chi connectivity index (χ0v) is 12.3. The van der Waals surface area contributed by atoms with E-state index in [2.05, 4.69) is 15.0 Å². The van der Waals surface area contributed by atoms with Gasteiger partial charge in [-0.15, -0.1) is 0 Å². The predicted octanol–water partition coefficient (Wildman–Crippen LogP) is 2.59. The van der Waals surface area contributed by atoms with Crippen LogP contribution in [0.3, 0.4) is 0 Å². The summed E-state index contributed by atoms with van der Waals surface area (Å²) < 4.78 is 0. The van der Waals surface area contributed by atoms with Crippen LogP contribution in [0.15, 0.2) is 18.2 Å². The summed E-state index contributed by atoms with van der Waals surface area (Å²) in [6.07, 6.45) is 0.678. The van der Waals surface area contributed by atoms with E-state index in [9.17, 15) is 4.79 Å². The second-order valence-corrected chi connectivity index (χ2v) is 4.90. The predicted molar refractivity (Wildman–Crippen MR) is 78.2 cm³/mol. The fourth-order valence-electron chi connectivity index (χ4n) is 1.93. The van der Waals surface area contributed by atoms with Crippen LogP contribution in [0, 0.1) is 13.8 Å². The van der Waals surface area contributed by atoms with Gasteiger partial charge in [0.05, 0.1) is 17.8 Å². The molecule has 0 spiro atoms. The smallest absolute Gasteiger partial charge is 0.156 e. The lowest BCUT2D eigenvalue weighted by Crippen LogP contribution is -2.21. The molecule has 0 amide bonds. The van der Waals surface area contributed by atoms with E-state index >= 15 is 0 Å². The molecular weight excluding hydrogens is 276 g/mol. The number of carbonyl (C=O) groups is 1. The van der Waals surface area contributed by atoms with Gasteiger partial charge in [-0.25, -0.2) is 9.97 Å². The number of nitrogens with zero attached hydrogens (tertiary/aromatic N) is 4. The van der Waals surface area contributed by atoms with Gasteiger partial charge < -0.3 is 4.90 Å². The van der Waals surface area contributed by atoms with Gasteiger partial charge in [0.15, 0.2) is 6.29 Å². The maximum atomic E-state index is 11.2. The molecule has 2 aromatic heterocycles. The van der Waals surface area contributed by atoms with E-state index in [4.69, 9.17) is 11.6 Å². The second kappa shape index (κ2) is 5.96. The second-order valence-electron chi connectivity index (χ2n) is 4.54. The Kier molecular flexibility index (Phi) is 4.29. The van der Waals surface area contributed by atoms with E-state index in [1.165, 1.54) is 0 Å². The summed E-state index contributed by atoms with van der Waals surface area (Å²) in [4.78, 5) is 25.7. The molecule has 0 bridgehead atoms. The maximum Gasteiger partial charge on any atom is 0.156 e. The van der Waals surface area contributed by atoms with Crippen LogP contribution in [0.5, 0.6) is 0 Å². The molecule has 0 fully saturated rings. The molecule has 0 aromatic carbocycles. The summed E-state index contributed by atoms with van der Waals surface area (Å²) in [6, 6.07) is 5.82. The first-order valence-corrected chi connectivity index (χ1v) is 6.52. The van der Waals surface area contributed by atoms with Crippen LogP contribution in [-0.4, -0.2) is 28.3 Å². The Morgan fingerprint density at radius 1 is 1.25 bits per heavy atom. The summed E-state index contributed by atoms with van der Waals surface area (Å²) in [5.74, 6) is 1.04. The Morgan fingerprint density at radius 3 is 2.65 bits per heavy atom. The molecule has 0 saturated carbocycles. The number of aryl methyl sites for hydroxylation is 2. The Bertz CT molecular complexity index is 645. The number of aromatic nitrogens is 3. The minimum absolute atomic E-state index is 0.173. The third-order valence-corrected chi connectivity index (χ3v) is 3.10. The van der Waals surface area contributed by atoms with E-state index < -0.39 is 0 Å². The topological polar surface area (TPSA) is 59.0 Å². The van der Waals surface area contributed by atoms with E-state index in [0.29, 0.717) is 30.0 Å². The highest BCUT2D eigenvalue weighted by atomic mass is 35.5. The zero-order chi connectivity index (χ0) is 14.7. The number of hydrogen-bond acceptors (Lipinski definition) is 5. The highest BCUT2D eigenvalue weighted by molar-refractivity contribution is 6.32. The summed E-state index contributed by atoms with van der Waals surface area (Å²) in [5.41, 5.74) is 2.15. The van der Waals surface area contributed by atoms with Crippen molar-refractivity contribution in [2.24, 2.45) is 0 Å². The number of hydrogen-bond donors (Lipinski definition) is 0. The van der Waals surface area contributed by atoms with Gasteiger partial charge in [0.1, 0.15) is 16.8 Å². The molecule has 0 saturated heterocycles. The summed E-state index contributed by atoms with van der Waals surface area (Å²) in [5, 5.41) is 0.173. The average molecular weight is 291 g/mol. The quantitative estimate of drug-likeness (QED) is 0.640. The minimum atomic E-state index is 0.173. The van der Waals surface area contributed by atoms with Crippen molar-refractivity contribution in [3.63, 3.8) is 0 Å². The molecule has 0 aliphatic heterocycles. The highest BCUT2D eigenvalue weighted by Gasteiger charge is 2.15. The standard InChI is InChI=1S/C14H15ClN4O/c1-9-5-4-6-11(16-9)7-19(3)14-12(8-20)13(15)17-10(2)18-14/h4-6,8H,7H2,1-3H3. The van der Waals surface area contributed by atoms with E-state index in [1.54, 1.807) is 6.92 Å². The maximum absolute atomic E-state index is 11.2. The van der Waals surface area contributed by atoms with Crippen molar-refractivity contribution >= 4 is 23.7 Å². The summed E-state index contributed by atoms with van der Waals surface area (Å²) >= 11 is 5.98. The van der Waals surface area contributed by atoms with Crippen LogP contribution >= 0.6 is 11.6 Å². The Hall–Kier alpha value is -2.01. The van der Waals surface area contributed by atoms with Crippen molar-refractivity contribution in [3.8, 4) is 0 Å². The first-order valence-electron chi connectivity index (χ1n) is 6.14. The Balaban J connectivity index is 2.33. The van der Waals surface area contributed by atoms with Crippen LogP contribution < -0.4 is 4.90 Å². The lowest BCUT2D eigenvalue weighted by Gasteiger charge is -2.20. The summed E-state index contributed by atoms with van der Waals surface area (Å²) in [7, 11) is 1.84. The van der Waals surface area contributed by atoms with Gasteiger partial charge >= 0.3 is 0 Å². The van der Waals surface area contributed by atoms with Crippen LogP contribution in [0.25, 0.3) is 0 Å². The fraction of sp³-hybridized carbons (Fsp3) is 0.286. The molecule has 5 nitrogen and oxygen atoms in total. The molecule has 0 atom stereocenters. The van der Waals surface area contributed by atoms with Crippen molar-refractivity contribution in [2.75, 3.05) is 11.9 Å². The van der Waals surface area contributed by atoms with Crippen molar-refractivity contribution in [1.29, 1.82) is 0 Å². The van der Waals surface area contributed by atoms with Gasteiger partial charge in [-0.2, -0.15) is 0 Å². The normalized spacial score (nSPS) is 10.4. The lowest BCUT2D eigenvalue weighted by molar-refractivity contribution is 0.112. The van der Waals surface area contributed by atoms with Crippen LogP contribution in [0.1, 0.15) is 27.6 Å². The molecule has 2 aromatic rings. The molecule has 2 heterocycles. The Morgan fingerprint density at radius 2 is 2.00 bits per heavy atom. The van der Waals surface area contributed by atoms with Gasteiger partial charge in [-0.1, -0.05) is 17.7 Å². The fourth-order valence-corrected chi connectivity index (χ4v) is 2.18. The number of carbonyl (C=O) groups excluding carboxylic acids is 1. The molecule has 0 aliphatic rings. The molecule has 0 aliphatic carbocycles. The van der Waals surface area contributed by atoms with Gasteiger partial charge in [0, 0.05) is 12.7 Å². The van der Waals surface area contributed by atoms with E-state index in [0.717, 1.165) is 11.4 Å². The van der Waals surface area contributed by atoms with E-state index in [1.807, 2.05) is 37.1 Å². The summed E-state index contributed by atoms with van der Waals surface area (Å²) in [6.45, 7) is 4.21. The van der Waals surface area contributed by atoms with Crippen molar-refractivity contribution < 1.29 is 4.79 Å². The van der Waals surface area contributed by atoms with Gasteiger partial charge in [0.2, 0.25) is 0 Å². The number of anilines is 1. The molecule has 0 N–H and O–H groups in total. The van der Waals surface area contributed by atoms with Crippen LogP contribution in [-0.2, 0) is 6.54 Å². The number of pyridine rings is 1. The third-order valence-electron chi connectivity index (χ3n) is 2.82. The largest absolute Gasteiger partial charge is 0.353 e. The van der Waals surface area contributed by atoms with Gasteiger partial charge in [0.25, 0.3) is 0 Å². The first kappa shape index (κ1) is 14.4. The molecule has 20 heavy (non-hydrogen) atoms. The average Bonchev–Trinajstić information content (AvgIpc) is 2.37. The van der Waals surface area contributed by atoms with Crippen molar-refractivity contribution in [2.45, 2.75) is 20.4 Å². The number of rotatable bonds is 4. The molecule has 6 heteroatoms. The van der Waals surface area contributed by atoms with Crippen LogP contribution in [0.2, 0.25) is 5.15 Å².